The normalized spacial score (nSPS) is 35.4. The maximum absolute atomic E-state index is 11.9. The van der Waals surface area contributed by atoms with Crippen LogP contribution in [-0.2, 0) is 0 Å². The van der Waals surface area contributed by atoms with Gasteiger partial charge in [-0.3, -0.25) is 4.79 Å². The van der Waals surface area contributed by atoms with Crippen molar-refractivity contribution in [1.82, 2.24) is 0 Å². The summed E-state index contributed by atoms with van der Waals surface area (Å²) in [7, 11) is 0. The Morgan fingerprint density at radius 3 is 2.14 bits per heavy atom. The summed E-state index contributed by atoms with van der Waals surface area (Å²) in [6, 6.07) is 8.96. The van der Waals surface area contributed by atoms with Gasteiger partial charge in [-0.05, 0) is 0 Å². The number of rotatable bonds is 2. The lowest BCUT2D eigenvalue weighted by Gasteiger charge is -2.07. The van der Waals surface area contributed by atoms with Crippen molar-refractivity contribution >= 4 is 51.0 Å². The fourth-order valence-electron chi connectivity index (χ4n) is 1.37. The van der Waals surface area contributed by atoms with Crippen LogP contribution in [0, 0.1) is 0 Å². The first-order valence-corrected chi connectivity index (χ1v) is 6.68. The molecule has 1 aromatic carbocycles. The molecule has 1 aliphatic rings. The van der Waals surface area contributed by atoms with Crippen molar-refractivity contribution < 1.29 is 9.90 Å². The van der Waals surface area contributed by atoms with Gasteiger partial charge in [0.05, 0.1) is 7.85 Å². The molecule has 0 radical (unpaired) electrons. The van der Waals surface area contributed by atoms with Crippen LogP contribution in [0.5, 0.6) is 0 Å². The Bertz CT molecular complexity index is 356. The van der Waals surface area contributed by atoms with E-state index in [-0.39, 0.29) is 13.6 Å². The van der Waals surface area contributed by atoms with E-state index >= 15 is 0 Å². The number of halogens is 2. The van der Waals surface area contributed by atoms with Crippen LogP contribution >= 0.6 is 45.2 Å². The van der Waals surface area contributed by atoms with E-state index in [1.54, 1.807) is 12.1 Å². The molecule has 1 aromatic rings. The van der Waals surface area contributed by atoms with Crippen LogP contribution in [0.25, 0.3) is 0 Å². The number of carbonyl (C=O) groups is 1. The number of aliphatic hydroxyl groups is 1. The Morgan fingerprint density at radius 2 is 1.71 bits per heavy atom. The standard InChI is InChI=1S/C10H8I2O2/c11-7-8(12)10(7,14)9(13)6-4-2-1-3-5-6/h1-5,7-8,14H. The predicted octanol–water partition coefficient (Wildman–Crippen LogP) is 2.22. The Labute approximate surface area is 109 Å². The van der Waals surface area contributed by atoms with Crippen LogP contribution in [0.4, 0.5) is 0 Å². The fourth-order valence-corrected chi connectivity index (χ4v) is 4.08. The van der Waals surface area contributed by atoms with E-state index in [2.05, 4.69) is 45.2 Å². The van der Waals surface area contributed by atoms with E-state index in [9.17, 15) is 9.90 Å². The van der Waals surface area contributed by atoms with Gasteiger partial charge in [-0.2, -0.15) is 0 Å². The van der Waals surface area contributed by atoms with Gasteiger partial charge in [0.15, 0.2) is 11.4 Å². The first-order chi connectivity index (χ1) is 6.58. The van der Waals surface area contributed by atoms with Gasteiger partial charge in [0.1, 0.15) is 0 Å². The minimum Gasteiger partial charge on any atom is -0.379 e. The average molecular weight is 414 g/mol. The molecule has 2 nitrogen and oxygen atoms in total. The summed E-state index contributed by atoms with van der Waals surface area (Å²) in [4.78, 5) is 11.9. The zero-order valence-electron chi connectivity index (χ0n) is 7.15. The molecule has 0 amide bonds. The van der Waals surface area contributed by atoms with E-state index < -0.39 is 5.60 Å². The Balaban J connectivity index is 2.27. The number of ketones is 1. The maximum Gasteiger partial charge on any atom is 0.196 e. The molecule has 1 saturated carbocycles. The third-order valence-electron chi connectivity index (χ3n) is 2.39. The number of alkyl halides is 2. The summed E-state index contributed by atoms with van der Waals surface area (Å²) in [5.74, 6) is -0.156. The van der Waals surface area contributed by atoms with Gasteiger partial charge in [-0.25, -0.2) is 0 Å². The third kappa shape index (κ3) is 1.51. The first kappa shape index (κ1) is 10.8. The lowest BCUT2D eigenvalue weighted by atomic mass is 10.1. The van der Waals surface area contributed by atoms with Crippen molar-refractivity contribution in [3.63, 3.8) is 0 Å². The number of hydrogen-bond acceptors (Lipinski definition) is 2. The summed E-state index contributed by atoms with van der Waals surface area (Å²) in [6.45, 7) is 0. The summed E-state index contributed by atoms with van der Waals surface area (Å²) >= 11 is 4.25. The number of Topliss-reactive ketones (excluding diaryl/α,β-unsaturated/α-hetero) is 1. The zero-order chi connectivity index (χ0) is 10.3. The van der Waals surface area contributed by atoms with E-state index in [0.717, 1.165) is 0 Å². The van der Waals surface area contributed by atoms with Crippen LogP contribution in [0.2, 0.25) is 0 Å². The number of carbonyl (C=O) groups excluding carboxylic acids is 1. The molecule has 74 valence electrons. The molecule has 1 N–H and O–H groups in total. The van der Waals surface area contributed by atoms with Crippen molar-refractivity contribution in [3.8, 4) is 0 Å². The Hall–Kier alpha value is 0.310. The van der Waals surface area contributed by atoms with E-state index in [1.807, 2.05) is 18.2 Å². The van der Waals surface area contributed by atoms with Gasteiger partial charge >= 0.3 is 0 Å². The molecule has 14 heavy (non-hydrogen) atoms. The van der Waals surface area contributed by atoms with Crippen LogP contribution in [0.15, 0.2) is 30.3 Å². The number of hydrogen-bond donors (Lipinski definition) is 1. The summed E-state index contributed by atoms with van der Waals surface area (Å²) in [5.41, 5.74) is -0.543. The highest BCUT2D eigenvalue weighted by atomic mass is 127. The molecule has 2 unspecified atom stereocenters. The molecule has 1 fully saturated rings. The molecule has 4 heteroatoms. The Morgan fingerprint density at radius 1 is 1.21 bits per heavy atom. The summed E-state index contributed by atoms with van der Waals surface area (Å²) < 4.78 is 0.0711. The number of benzene rings is 1. The van der Waals surface area contributed by atoms with Crippen molar-refractivity contribution in [1.29, 1.82) is 0 Å². The summed E-state index contributed by atoms with van der Waals surface area (Å²) in [5, 5.41) is 10.0. The van der Waals surface area contributed by atoms with Crippen molar-refractivity contribution in [3.05, 3.63) is 35.9 Å². The van der Waals surface area contributed by atoms with Gasteiger partial charge in [0, 0.05) is 5.56 Å². The van der Waals surface area contributed by atoms with Crippen molar-refractivity contribution in [2.45, 2.75) is 13.5 Å². The molecular weight excluding hydrogens is 406 g/mol. The average Bonchev–Trinajstić information content (AvgIpc) is 2.71. The molecule has 2 rings (SSSR count). The van der Waals surface area contributed by atoms with Gasteiger partial charge in [-0.15, -0.1) is 0 Å². The minimum absolute atomic E-state index is 0.0356. The molecular formula is C10H8I2O2. The molecule has 0 aromatic heterocycles. The molecule has 0 spiro atoms. The summed E-state index contributed by atoms with van der Waals surface area (Å²) in [6.07, 6.45) is 0. The van der Waals surface area contributed by atoms with Gasteiger partial charge in [0.2, 0.25) is 0 Å². The molecule has 1 aliphatic carbocycles. The lowest BCUT2D eigenvalue weighted by Crippen LogP contribution is -2.27. The van der Waals surface area contributed by atoms with Crippen LogP contribution in [0.3, 0.4) is 0 Å². The van der Waals surface area contributed by atoms with Crippen molar-refractivity contribution in [2.24, 2.45) is 0 Å². The van der Waals surface area contributed by atoms with Crippen molar-refractivity contribution in [2.75, 3.05) is 0 Å². The second-order valence-electron chi connectivity index (χ2n) is 3.32. The Kier molecular flexibility index (Phi) is 2.87. The lowest BCUT2D eigenvalue weighted by molar-refractivity contribution is 0.0706. The molecule has 0 heterocycles. The van der Waals surface area contributed by atoms with E-state index in [1.165, 1.54) is 0 Å². The fraction of sp³-hybridized carbons (Fsp3) is 0.300. The van der Waals surface area contributed by atoms with Crippen LogP contribution < -0.4 is 0 Å². The first-order valence-electron chi connectivity index (χ1n) is 4.19. The monoisotopic (exact) mass is 414 g/mol. The highest BCUT2D eigenvalue weighted by molar-refractivity contribution is 14.1. The highest BCUT2D eigenvalue weighted by Crippen LogP contribution is 2.51. The molecule has 0 saturated heterocycles. The second kappa shape index (κ2) is 3.71. The largest absolute Gasteiger partial charge is 0.379 e. The minimum atomic E-state index is -1.14. The van der Waals surface area contributed by atoms with Crippen LogP contribution in [-0.4, -0.2) is 24.3 Å². The SMILES string of the molecule is O=C(c1ccccc1)C1(O)C(I)C1I. The van der Waals surface area contributed by atoms with E-state index in [4.69, 9.17) is 0 Å². The maximum atomic E-state index is 11.9. The molecule has 0 aliphatic heterocycles. The van der Waals surface area contributed by atoms with E-state index in [0.29, 0.717) is 5.56 Å². The van der Waals surface area contributed by atoms with Gasteiger partial charge in [-0.1, -0.05) is 75.5 Å². The second-order valence-corrected chi connectivity index (χ2v) is 6.01. The molecule has 0 bridgehead atoms. The highest BCUT2D eigenvalue weighted by Gasteiger charge is 2.66. The third-order valence-corrected chi connectivity index (χ3v) is 7.10. The zero-order valence-corrected chi connectivity index (χ0v) is 11.5. The topological polar surface area (TPSA) is 37.3 Å². The smallest absolute Gasteiger partial charge is 0.196 e. The quantitative estimate of drug-likeness (QED) is 0.458. The predicted molar refractivity (Wildman–Crippen MR) is 71.3 cm³/mol. The molecule has 2 atom stereocenters. The van der Waals surface area contributed by atoms with Gasteiger partial charge in [0.25, 0.3) is 0 Å². The van der Waals surface area contributed by atoms with Gasteiger partial charge < -0.3 is 5.11 Å². The van der Waals surface area contributed by atoms with Crippen LogP contribution in [0.1, 0.15) is 10.4 Å².